The van der Waals surface area contributed by atoms with Crippen LogP contribution in [0.1, 0.15) is 6.92 Å². The number of methoxy groups -OCH3 is 1. The predicted octanol–water partition coefficient (Wildman–Crippen LogP) is 1.92. The molecule has 1 unspecified atom stereocenters. The van der Waals surface area contributed by atoms with E-state index in [9.17, 15) is 9.59 Å². The minimum atomic E-state index is -0.595. The van der Waals surface area contributed by atoms with Gasteiger partial charge in [-0.05, 0) is 12.5 Å². The topological polar surface area (TPSA) is 55.7 Å². The third-order valence-electron chi connectivity index (χ3n) is 2.64. The second kappa shape index (κ2) is 4.41. The number of hydrogen-bond acceptors (Lipinski definition) is 4. The second-order valence-electron chi connectivity index (χ2n) is 3.75. The molecule has 2 rings (SSSR count). The number of allylic oxidation sites excluding steroid dienone is 5. The normalized spacial score (nSPS) is 23.0. The predicted molar refractivity (Wildman–Crippen MR) is 66.8 cm³/mol. The van der Waals surface area contributed by atoms with Gasteiger partial charge in [0, 0.05) is 10.6 Å². The molecule has 1 atom stereocenters. The Bertz CT molecular complexity index is 526. The largest absolute Gasteiger partial charge is 0.464 e. The lowest BCUT2D eigenvalue weighted by molar-refractivity contribution is -0.136. The molecule has 17 heavy (non-hydrogen) atoms. The number of aliphatic imine (C=N–C) groups is 1. The van der Waals surface area contributed by atoms with Crippen molar-refractivity contribution in [1.29, 1.82) is 0 Å². The van der Waals surface area contributed by atoms with E-state index in [0.717, 1.165) is 10.1 Å². The second-order valence-corrected chi connectivity index (χ2v) is 4.67. The molecule has 1 heterocycles. The first-order chi connectivity index (χ1) is 8.04. The summed E-state index contributed by atoms with van der Waals surface area (Å²) in [7, 11) is 1.26. The standard InChI is InChI=1S/C12H10BrNO3/c1-6-3-4-7(13)10-9(15)5-8(12(16)17-2)14-11(6)10/h3-5,10H,1-2H3. The lowest BCUT2D eigenvalue weighted by Crippen LogP contribution is -2.30. The maximum absolute atomic E-state index is 12.0. The molecule has 1 aliphatic heterocycles. The first-order valence-corrected chi connectivity index (χ1v) is 5.80. The number of fused-ring (bicyclic) bond motifs is 1. The molecular weight excluding hydrogens is 286 g/mol. The van der Waals surface area contributed by atoms with Gasteiger partial charge in [-0.1, -0.05) is 28.1 Å². The van der Waals surface area contributed by atoms with E-state index in [1.54, 1.807) is 0 Å². The Labute approximate surface area is 107 Å². The third-order valence-corrected chi connectivity index (χ3v) is 3.37. The number of esters is 1. The van der Waals surface area contributed by atoms with Crippen LogP contribution in [-0.2, 0) is 14.3 Å². The molecule has 0 amide bonds. The van der Waals surface area contributed by atoms with Gasteiger partial charge in [-0.15, -0.1) is 0 Å². The van der Waals surface area contributed by atoms with Crippen molar-refractivity contribution in [1.82, 2.24) is 0 Å². The van der Waals surface area contributed by atoms with Crippen molar-refractivity contribution < 1.29 is 14.3 Å². The minimum Gasteiger partial charge on any atom is -0.464 e. The van der Waals surface area contributed by atoms with Crippen molar-refractivity contribution in [3.05, 3.63) is 34.0 Å². The molecule has 0 N–H and O–H groups in total. The van der Waals surface area contributed by atoms with E-state index in [1.165, 1.54) is 13.2 Å². The highest BCUT2D eigenvalue weighted by Gasteiger charge is 2.33. The van der Waals surface area contributed by atoms with Crippen LogP contribution in [0.5, 0.6) is 0 Å². The van der Waals surface area contributed by atoms with Crippen LogP contribution in [-0.4, -0.2) is 24.6 Å². The van der Waals surface area contributed by atoms with E-state index in [0.29, 0.717) is 5.71 Å². The monoisotopic (exact) mass is 295 g/mol. The molecule has 0 spiro atoms. The molecule has 0 aromatic rings. The Kier molecular flexibility index (Phi) is 3.11. The Morgan fingerprint density at radius 2 is 2.18 bits per heavy atom. The number of carbonyl (C=O) groups excluding carboxylic acids is 2. The molecule has 0 aromatic heterocycles. The van der Waals surface area contributed by atoms with Gasteiger partial charge < -0.3 is 4.74 Å². The number of carbonyl (C=O) groups is 2. The molecule has 0 radical (unpaired) electrons. The van der Waals surface area contributed by atoms with Crippen LogP contribution in [0, 0.1) is 5.92 Å². The molecule has 0 bridgehead atoms. The average Bonchev–Trinajstić information content (AvgIpc) is 2.32. The van der Waals surface area contributed by atoms with E-state index < -0.39 is 11.9 Å². The van der Waals surface area contributed by atoms with E-state index in [1.807, 2.05) is 19.1 Å². The number of ether oxygens (including phenoxy) is 1. The molecule has 1 aliphatic carbocycles. The number of halogens is 1. The smallest absolute Gasteiger partial charge is 0.356 e. The van der Waals surface area contributed by atoms with Gasteiger partial charge >= 0.3 is 5.97 Å². The summed E-state index contributed by atoms with van der Waals surface area (Å²) < 4.78 is 5.32. The van der Waals surface area contributed by atoms with Crippen molar-refractivity contribution in [3.8, 4) is 0 Å². The third kappa shape index (κ3) is 2.02. The van der Waals surface area contributed by atoms with Crippen LogP contribution in [0.4, 0.5) is 0 Å². The Morgan fingerprint density at radius 1 is 1.47 bits per heavy atom. The summed E-state index contributed by atoms with van der Waals surface area (Å²) in [5, 5.41) is 0. The Hall–Kier alpha value is -1.49. The summed E-state index contributed by atoms with van der Waals surface area (Å²) in [5.74, 6) is -1.18. The van der Waals surface area contributed by atoms with Crippen molar-refractivity contribution in [2.24, 2.45) is 10.9 Å². The number of nitrogens with zero attached hydrogens (tertiary/aromatic N) is 1. The summed E-state index contributed by atoms with van der Waals surface area (Å²) in [6.07, 6.45) is 4.91. The fourth-order valence-electron chi connectivity index (χ4n) is 1.76. The van der Waals surface area contributed by atoms with Crippen LogP contribution >= 0.6 is 15.9 Å². The highest BCUT2D eigenvalue weighted by atomic mass is 79.9. The summed E-state index contributed by atoms with van der Waals surface area (Å²) in [5.41, 5.74) is 1.53. The van der Waals surface area contributed by atoms with Crippen molar-refractivity contribution in [3.63, 3.8) is 0 Å². The lowest BCUT2D eigenvalue weighted by atomic mass is 9.87. The summed E-state index contributed by atoms with van der Waals surface area (Å²) in [6, 6.07) is 0. The van der Waals surface area contributed by atoms with Gasteiger partial charge in [-0.2, -0.15) is 0 Å². The lowest BCUT2D eigenvalue weighted by Gasteiger charge is -2.23. The van der Waals surface area contributed by atoms with Gasteiger partial charge in [0.15, 0.2) is 11.5 Å². The van der Waals surface area contributed by atoms with Gasteiger partial charge in [0.05, 0.1) is 18.7 Å². The fraction of sp³-hybridized carbons (Fsp3) is 0.250. The molecule has 5 heteroatoms. The fourth-order valence-corrected chi connectivity index (χ4v) is 2.33. The summed E-state index contributed by atoms with van der Waals surface area (Å²) >= 11 is 3.34. The Balaban J connectivity index is 2.48. The molecule has 0 saturated carbocycles. The number of ketones is 1. The minimum absolute atomic E-state index is 0.0544. The molecule has 0 aromatic carbocycles. The van der Waals surface area contributed by atoms with E-state index in [4.69, 9.17) is 0 Å². The van der Waals surface area contributed by atoms with Gasteiger partial charge in [0.25, 0.3) is 0 Å². The average molecular weight is 296 g/mol. The van der Waals surface area contributed by atoms with Crippen molar-refractivity contribution >= 4 is 33.4 Å². The molecule has 0 saturated heterocycles. The highest BCUT2D eigenvalue weighted by Crippen LogP contribution is 2.32. The maximum Gasteiger partial charge on any atom is 0.356 e. The summed E-state index contributed by atoms with van der Waals surface area (Å²) in [6.45, 7) is 1.86. The van der Waals surface area contributed by atoms with Crippen LogP contribution in [0.2, 0.25) is 0 Å². The first-order valence-electron chi connectivity index (χ1n) is 5.01. The zero-order valence-corrected chi connectivity index (χ0v) is 10.9. The Morgan fingerprint density at radius 3 is 2.82 bits per heavy atom. The van der Waals surface area contributed by atoms with Gasteiger partial charge in [0.2, 0.25) is 0 Å². The number of rotatable bonds is 1. The first kappa shape index (κ1) is 12.0. The van der Waals surface area contributed by atoms with Crippen LogP contribution in [0.15, 0.2) is 39.0 Å². The quantitative estimate of drug-likeness (QED) is 0.695. The van der Waals surface area contributed by atoms with E-state index in [-0.39, 0.29) is 11.5 Å². The van der Waals surface area contributed by atoms with Crippen LogP contribution in [0.25, 0.3) is 0 Å². The number of hydrogen-bond donors (Lipinski definition) is 0. The van der Waals surface area contributed by atoms with Gasteiger partial charge in [0.1, 0.15) is 0 Å². The van der Waals surface area contributed by atoms with Crippen LogP contribution in [0.3, 0.4) is 0 Å². The molecule has 0 fully saturated rings. The van der Waals surface area contributed by atoms with E-state index >= 15 is 0 Å². The molecule has 4 nitrogen and oxygen atoms in total. The van der Waals surface area contributed by atoms with Crippen molar-refractivity contribution in [2.75, 3.05) is 7.11 Å². The summed E-state index contributed by atoms with van der Waals surface area (Å²) in [4.78, 5) is 27.5. The van der Waals surface area contributed by atoms with E-state index in [2.05, 4.69) is 25.7 Å². The van der Waals surface area contributed by atoms with Gasteiger partial charge in [-0.25, -0.2) is 9.79 Å². The SMILES string of the molecule is COC(=O)C1=CC(=O)C2C(Br)=CC=C(C)C2=N1. The van der Waals surface area contributed by atoms with Gasteiger partial charge in [-0.3, -0.25) is 4.79 Å². The molecule has 2 aliphatic rings. The van der Waals surface area contributed by atoms with Crippen LogP contribution < -0.4 is 0 Å². The maximum atomic E-state index is 12.0. The molecule has 88 valence electrons. The zero-order chi connectivity index (χ0) is 12.6. The highest BCUT2D eigenvalue weighted by molar-refractivity contribution is 9.11. The van der Waals surface area contributed by atoms with Crippen molar-refractivity contribution in [2.45, 2.75) is 6.92 Å². The zero-order valence-electron chi connectivity index (χ0n) is 9.36. The molecular formula is C12H10BrNO3.